The highest BCUT2D eigenvalue weighted by atomic mass is 32.3. The number of carbonyl (C=O) groups excluding carboxylic acids is 1. The third-order valence-electron chi connectivity index (χ3n) is 2.84. The van der Waals surface area contributed by atoms with Crippen LogP contribution in [0.3, 0.4) is 0 Å². The SMILES string of the molecule is O=C1CC(S(=O)(=O)F)CN1c1cnccc1CO. The number of rotatable bonds is 3. The van der Waals surface area contributed by atoms with Crippen LogP contribution in [0.2, 0.25) is 0 Å². The highest BCUT2D eigenvalue weighted by Crippen LogP contribution is 2.27. The van der Waals surface area contributed by atoms with E-state index in [9.17, 15) is 17.1 Å². The van der Waals surface area contributed by atoms with Gasteiger partial charge in [0.15, 0.2) is 0 Å². The molecule has 6 nitrogen and oxygen atoms in total. The molecule has 1 atom stereocenters. The van der Waals surface area contributed by atoms with Gasteiger partial charge in [0.05, 0.1) is 18.5 Å². The first-order chi connectivity index (χ1) is 8.43. The van der Waals surface area contributed by atoms with E-state index in [4.69, 9.17) is 5.11 Å². The highest BCUT2D eigenvalue weighted by Gasteiger charge is 2.39. The lowest BCUT2D eigenvalue weighted by Gasteiger charge is -2.18. The molecule has 1 aromatic heterocycles. The monoisotopic (exact) mass is 274 g/mol. The van der Waals surface area contributed by atoms with Gasteiger partial charge >= 0.3 is 10.2 Å². The van der Waals surface area contributed by atoms with Gasteiger partial charge in [-0.3, -0.25) is 9.78 Å². The van der Waals surface area contributed by atoms with Crippen molar-refractivity contribution in [3.05, 3.63) is 24.0 Å². The van der Waals surface area contributed by atoms with Crippen LogP contribution in [0, 0.1) is 0 Å². The summed E-state index contributed by atoms with van der Waals surface area (Å²) in [6.45, 7) is -0.564. The van der Waals surface area contributed by atoms with Crippen LogP contribution < -0.4 is 4.90 Å². The molecule has 0 radical (unpaired) electrons. The second-order valence-corrected chi connectivity index (χ2v) is 5.59. The van der Waals surface area contributed by atoms with E-state index in [-0.39, 0.29) is 13.2 Å². The van der Waals surface area contributed by atoms with Crippen LogP contribution >= 0.6 is 0 Å². The van der Waals surface area contributed by atoms with Gasteiger partial charge < -0.3 is 10.0 Å². The van der Waals surface area contributed by atoms with E-state index in [0.717, 1.165) is 4.90 Å². The summed E-state index contributed by atoms with van der Waals surface area (Å²) in [5.41, 5.74) is 0.756. The predicted molar refractivity (Wildman–Crippen MR) is 60.9 cm³/mol. The molecular formula is C10H11FN2O4S. The molecule has 0 aromatic carbocycles. The van der Waals surface area contributed by atoms with Gasteiger partial charge in [-0.25, -0.2) is 0 Å². The fourth-order valence-electron chi connectivity index (χ4n) is 1.89. The Morgan fingerprint density at radius 3 is 2.83 bits per heavy atom. The normalized spacial score (nSPS) is 20.4. The molecule has 0 saturated carbocycles. The maximum absolute atomic E-state index is 12.9. The molecule has 1 aromatic rings. The van der Waals surface area contributed by atoms with Crippen LogP contribution in [0.5, 0.6) is 0 Å². The predicted octanol–water partition coefficient (Wildman–Crippen LogP) is -0.0215. The van der Waals surface area contributed by atoms with Crippen molar-refractivity contribution in [3.8, 4) is 0 Å². The van der Waals surface area contributed by atoms with Crippen molar-refractivity contribution >= 4 is 21.8 Å². The van der Waals surface area contributed by atoms with Crippen molar-refractivity contribution in [2.24, 2.45) is 0 Å². The topological polar surface area (TPSA) is 87.6 Å². The van der Waals surface area contributed by atoms with Gasteiger partial charge in [-0.2, -0.15) is 8.42 Å². The summed E-state index contributed by atoms with van der Waals surface area (Å²) in [6, 6.07) is 1.51. The average molecular weight is 274 g/mol. The quantitative estimate of drug-likeness (QED) is 0.783. The Morgan fingerprint density at radius 2 is 2.28 bits per heavy atom. The zero-order valence-electron chi connectivity index (χ0n) is 9.28. The summed E-state index contributed by atoms with van der Waals surface area (Å²) >= 11 is 0. The Bertz CT molecular complexity index is 575. The van der Waals surface area contributed by atoms with Crippen molar-refractivity contribution in [2.45, 2.75) is 18.3 Å². The molecule has 1 N–H and O–H groups in total. The standard InChI is InChI=1S/C10H11FN2O4S/c11-18(16,17)8-3-10(15)13(5-8)9-4-12-2-1-7(9)6-14/h1-2,4,8,14H,3,5-6H2. The lowest BCUT2D eigenvalue weighted by Crippen LogP contribution is -2.28. The number of hydrogen-bond donors (Lipinski definition) is 1. The molecule has 8 heteroatoms. The summed E-state index contributed by atoms with van der Waals surface area (Å²) in [5.74, 6) is -0.496. The van der Waals surface area contributed by atoms with Gasteiger partial charge in [0.25, 0.3) is 0 Å². The average Bonchev–Trinajstić information content (AvgIpc) is 2.71. The zero-order valence-corrected chi connectivity index (χ0v) is 10.1. The Balaban J connectivity index is 2.33. The maximum Gasteiger partial charge on any atom is 0.307 e. The van der Waals surface area contributed by atoms with E-state index in [1.807, 2.05) is 0 Å². The van der Waals surface area contributed by atoms with Crippen LogP contribution in [0.25, 0.3) is 0 Å². The van der Waals surface area contributed by atoms with Gasteiger partial charge in [-0.15, -0.1) is 3.89 Å². The number of amides is 1. The highest BCUT2D eigenvalue weighted by molar-refractivity contribution is 7.87. The molecule has 0 spiro atoms. The number of anilines is 1. The Labute approximate surface area is 103 Å². The number of carbonyl (C=O) groups is 1. The number of aromatic nitrogens is 1. The number of hydrogen-bond acceptors (Lipinski definition) is 5. The third kappa shape index (κ3) is 2.34. The van der Waals surface area contributed by atoms with Crippen molar-refractivity contribution in [1.29, 1.82) is 0 Å². The van der Waals surface area contributed by atoms with E-state index in [1.165, 1.54) is 18.5 Å². The van der Waals surface area contributed by atoms with Crippen LogP contribution in [0.1, 0.15) is 12.0 Å². The van der Waals surface area contributed by atoms with Crippen molar-refractivity contribution in [3.63, 3.8) is 0 Å². The first-order valence-electron chi connectivity index (χ1n) is 5.21. The molecule has 1 amide bonds. The molecule has 2 rings (SSSR count). The molecule has 18 heavy (non-hydrogen) atoms. The van der Waals surface area contributed by atoms with E-state index >= 15 is 0 Å². The van der Waals surface area contributed by atoms with Gasteiger partial charge in [-0.05, 0) is 6.07 Å². The third-order valence-corrected chi connectivity index (χ3v) is 3.95. The van der Waals surface area contributed by atoms with E-state index < -0.39 is 27.8 Å². The first kappa shape index (κ1) is 12.9. The lowest BCUT2D eigenvalue weighted by molar-refractivity contribution is -0.117. The second-order valence-electron chi connectivity index (χ2n) is 3.97. The maximum atomic E-state index is 12.9. The number of aliphatic hydroxyl groups is 1. The summed E-state index contributed by atoms with van der Waals surface area (Å²) in [4.78, 5) is 16.6. The van der Waals surface area contributed by atoms with Crippen molar-refractivity contribution < 1.29 is 22.2 Å². The molecule has 1 fully saturated rings. The molecule has 1 aliphatic heterocycles. The molecule has 1 unspecified atom stereocenters. The molecule has 2 heterocycles. The Hall–Kier alpha value is -1.54. The summed E-state index contributed by atoms with van der Waals surface area (Å²) < 4.78 is 34.5. The fourth-order valence-corrected chi connectivity index (χ4v) is 2.56. The molecule has 98 valence electrons. The zero-order chi connectivity index (χ0) is 13.3. The fraction of sp³-hybridized carbons (Fsp3) is 0.400. The summed E-state index contributed by atoms with van der Waals surface area (Å²) in [6.07, 6.45) is 2.40. The molecule has 0 bridgehead atoms. The Kier molecular flexibility index (Phi) is 3.31. The van der Waals surface area contributed by atoms with Crippen LogP contribution in [0.4, 0.5) is 9.57 Å². The Morgan fingerprint density at radius 1 is 1.56 bits per heavy atom. The van der Waals surface area contributed by atoms with Crippen LogP contribution in [0.15, 0.2) is 18.5 Å². The van der Waals surface area contributed by atoms with E-state index in [2.05, 4.69) is 4.98 Å². The second kappa shape index (κ2) is 4.62. The smallest absolute Gasteiger partial charge is 0.307 e. The van der Waals surface area contributed by atoms with Gasteiger partial charge in [-0.1, -0.05) is 0 Å². The van der Waals surface area contributed by atoms with Crippen molar-refractivity contribution in [2.75, 3.05) is 11.4 Å². The van der Waals surface area contributed by atoms with Gasteiger partial charge in [0.1, 0.15) is 5.25 Å². The minimum absolute atomic E-state index is 0.254. The largest absolute Gasteiger partial charge is 0.392 e. The van der Waals surface area contributed by atoms with E-state index in [0.29, 0.717) is 11.3 Å². The van der Waals surface area contributed by atoms with Crippen molar-refractivity contribution in [1.82, 2.24) is 4.98 Å². The molecule has 0 aliphatic carbocycles. The van der Waals surface area contributed by atoms with Gasteiger partial charge in [0.2, 0.25) is 5.91 Å². The number of aliphatic hydroxyl groups excluding tert-OH is 1. The summed E-state index contributed by atoms with van der Waals surface area (Å²) in [5, 5.41) is 7.78. The van der Waals surface area contributed by atoms with Gasteiger partial charge in [0, 0.05) is 24.7 Å². The first-order valence-corrected chi connectivity index (χ1v) is 6.65. The summed E-state index contributed by atoms with van der Waals surface area (Å²) in [7, 11) is -4.74. The molecular weight excluding hydrogens is 263 g/mol. The minimum atomic E-state index is -4.74. The van der Waals surface area contributed by atoms with Crippen LogP contribution in [-0.2, 0) is 21.6 Å². The van der Waals surface area contributed by atoms with E-state index in [1.54, 1.807) is 0 Å². The minimum Gasteiger partial charge on any atom is -0.392 e. The molecule has 1 saturated heterocycles. The number of pyridine rings is 1. The number of halogens is 1. The lowest BCUT2D eigenvalue weighted by atomic mass is 10.2. The molecule has 1 aliphatic rings. The number of nitrogens with zero attached hydrogens (tertiary/aromatic N) is 2. The van der Waals surface area contributed by atoms with Crippen LogP contribution in [-0.4, -0.2) is 36.2 Å².